The maximum atomic E-state index is 11.1. The number of aliphatic hydroxyl groups excluding tert-OH is 1. The Morgan fingerprint density at radius 1 is 1.09 bits per heavy atom. The van der Waals surface area contributed by atoms with Crippen LogP contribution in [0.3, 0.4) is 0 Å². The molecule has 0 aromatic rings. The first kappa shape index (κ1) is 15.9. The Morgan fingerprint density at radius 3 is 2.57 bits per heavy atom. The fourth-order valence-electron chi connectivity index (χ4n) is 6.81. The van der Waals surface area contributed by atoms with Gasteiger partial charge in [-0.3, -0.25) is 0 Å². The van der Waals surface area contributed by atoms with E-state index >= 15 is 0 Å². The van der Waals surface area contributed by atoms with Gasteiger partial charge in [0, 0.05) is 5.41 Å². The standard InChI is InChI=1S/C21H32O2/c1-13-11-18-16-6-5-14-12-15(22)7-9-19(14,2)17(16)8-10-20(18,3)21(13,4)23/h5,15-18,22-23H,1,6-12H2,2-4H3/t15-,16+,17-,18-,19-,20-,21-/m0/s1. The maximum absolute atomic E-state index is 11.1. The quantitative estimate of drug-likeness (QED) is 0.657. The fraction of sp³-hybridized carbons (Fsp3) is 0.810. The summed E-state index contributed by atoms with van der Waals surface area (Å²) in [6.07, 6.45) is 9.72. The molecule has 23 heavy (non-hydrogen) atoms. The van der Waals surface area contributed by atoms with Crippen LogP contribution in [0.2, 0.25) is 0 Å². The Morgan fingerprint density at radius 2 is 1.83 bits per heavy atom. The van der Waals surface area contributed by atoms with E-state index in [1.807, 2.05) is 6.92 Å². The summed E-state index contributed by atoms with van der Waals surface area (Å²) < 4.78 is 0. The fourth-order valence-corrected chi connectivity index (χ4v) is 6.81. The highest BCUT2D eigenvalue weighted by molar-refractivity contribution is 5.31. The molecular formula is C21H32O2. The van der Waals surface area contributed by atoms with Gasteiger partial charge < -0.3 is 10.2 Å². The Balaban J connectivity index is 1.71. The molecule has 4 aliphatic rings. The van der Waals surface area contributed by atoms with E-state index in [2.05, 4.69) is 26.5 Å². The molecule has 0 bridgehead atoms. The van der Waals surface area contributed by atoms with Crippen LogP contribution in [0.4, 0.5) is 0 Å². The van der Waals surface area contributed by atoms with Crippen LogP contribution in [0.25, 0.3) is 0 Å². The van der Waals surface area contributed by atoms with Gasteiger partial charge in [0.15, 0.2) is 0 Å². The topological polar surface area (TPSA) is 40.5 Å². The van der Waals surface area contributed by atoms with E-state index in [0.717, 1.165) is 50.0 Å². The lowest BCUT2D eigenvalue weighted by Crippen LogP contribution is -2.53. The minimum atomic E-state index is -0.712. The second-order valence-electron chi connectivity index (χ2n) is 9.49. The second-order valence-corrected chi connectivity index (χ2v) is 9.49. The van der Waals surface area contributed by atoms with Crippen molar-refractivity contribution in [3.8, 4) is 0 Å². The molecule has 0 amide bonds. The molecule has 7 atom stereocenters. The van der Waals surface area contributed by atoms with Crippen LogP contribution in [-0.2, 0) is 0 Å². The molecule has 2 N–H and O–H groups in total. The van der Waals surface area contributed by atoms with Gasteiger partial charge in [-0.05, 0) is 80.6 Å². The van der Waals surface area contributed by atoms with Crippen molar-refractivity contribution >= 4 is 0 Å². The summed E-state index contributed by atoms with van der Waals surface area (Å²) in [5, 5.41) is 21.2. The molecule has 0 aliphatic heterocycles. The number of hydrogen-bond donors (Lipinski definition) is 2. The van der Waals surface area contributed by atoms with Crippen molar-refractivity contribution in [1.29, 1.82) is 0 Å². The number of aliphatic hydroxyl groups is 2. The van der Waals surface area contributed by atoms with E-state index in [0.29, 0.717) is 11.8 Å². The predicted molar refractivity (Wildman–Crippen MR) is 92.9 cm³/mol. The zero-order chi connectivity index (χ0) is 16.6. The van der Waals surface area contributed by atoms with Crippen LogP contribution in [0.5, 0.6) is 0 Å². The molecule has 3 fully saturated rings. The largest absolute Gasteiger partial charge is 0.393 e. The van der Waals surface area contributed by atoms with Gasteiger partial charge >= 0.3 is 0 Å². The predicted octanol–water partition coefficient (Wildman–Crippen LogP) is 4.23. The Bertz CT molecular complexity index is 574. The number of allylic oxidation sites excluding steroid dienone is 1. The van der Waals surface area contributed by atoms with Crippen molar-refractivity contribution in [2.24, 2.45) is 28.6 Å². The molecule has 2 nitrogen and oxygen atoms in total. The van der Waals surface area contributed by atoms with Gasteiger partial charge in [0.2, 0.25) is 0 Å². The smallest absolute Gasteiger partial charge is 0.0882 e. The monoisotopic (exact) mass is 316 g/mol. The van der Waals surface area contributed by atoms with Crippen LogP contribution in [0.1, 0.15) is 65.7 Å². The molecule has 2 heteroatoms. The van der Waals surface area contributed by atoms with Gasteiger partial charge in [0.05, 0.1) is 11.7 Å². The van der Waals surface area contributed by atoms with Crippen molar-refractivity contribution in [2.45, 2.75) is 77.4 Å². The van der Waals surface area contributed by atoms with Crippen LogP contribution < -0.4 is 0 Å². The van der Waals surface area contributed by atoms with E-state index in [-0.39, 0.29) is 16.9 Å². The molecule has 0 aromatic carbocycles. The Labute approximate surface area is 140 Å². The van der Waals surface area contributed by atoms with Gasteiger partial charge in [-0.2, -0.15) is 0 Å². The van der Waals surface area contributed by atoms with Crippen molar-refractivity contribution < 1.29 is 10.2 Å². The molecular weight excluding hydrogens is 284 g/mol. The van der Waals surface area contributed by atoms with E-state index in [1.165, 1.54) is 12.0 Å². The highest BCUT2D eigenvalue weighted by Crippen LogP contribution is 2.67. The van der Waals surface area contributed by atoms with Gasteiger partial charge in [-0.15, -0.1) is 0 Å². The van der Waals surface area contributed by atoms with Gasteiger partial charge in [0.25, 0.3) is 0 Å². The lowest BCUT2D eigenvalue weighted by atomic mass is 9.47. The molecule has 3 saturated carbocycles. The van der Waals surface area contributed by atoms with Crippen LogP contribution in [0.15, 0.2) is 23.8 Å². The van der Waals surface area contributed by atoms with Crippen molar-refractivity contribution in [3.05, 3.63) is 23.8 Å². The molecule has 4 aliphatic carbocycles. The third-order valence-electron chi connectivity index (χ3n) is 8.73. The number of fused-ring (bicyclic) bond motifs is 5. The number of rotatable bonds is 0. The summed E-state index contributed by atoms with van der Waals surface area (Å²) in [6.45, 7) is 11.0. The average Bonchev–Trinajstić information content (AvgIpc) is 2.67. The van der Waals surface area contributed by atoms with Gasteiger partial charge in [0.1, 0.15) is 0 Å². The zero-order valence-electron chi connectivity index (χ0n) is 14.9. The van der Waals surface area contributed by atoms with Crippen molar-refractivity contribution in [1.82, 2.24) is 0 Å². The molecule has 0 aromatic heterocycles. The summed E-state index contributed by atoms with van der Waals surface area (Å²) in [4.78, 5) is 0. The molecule has 0 saturated heterocycles. The van der Waals surface area contributed by atoms with Gasteiger partial charge in [-0.25, -0.2) is 0 Å². The first-order chi connectivity index (χ1) is 10.7. The Kier molecular flexibility index (Phi) is 3.27. The first-order valence-electron chi connectivity index (χ1n) is 9.48. The summed E-state index contributed by atoms with van der Waals surface area (Å²) in [5.74, 6) is 1.95. The Hall–Kier alpha value is -0.600. The average molecular weight is 316 g/mol. The minimum Gasteiger partial charge on any atom is -0.393 e. The second kappa shape index (κ2) is 4.73. The van der Waals surface area contributed by atoms with E-state index in [1.54, 1.807) is 0 Å². The molecule has 128 valence electrons. The van der Waals surface area contributed by atoms with Crippen LogP contribution in [0, 0.1) is 28.6 Å². The lowest BCUT2D eigenvalue weighted by molar-refractivity contribution is -0.106. The maximum Gasteiger partial charge on any atom is 0.0882 e. The van der Waals surface area contributed by atoms with Crippen molar-refractivity contribution in [2.75, 3.05) is 0 Å². The van der Waals surface area contributed by atoms with Crippen LogP contribution in [-0.4, -0.2) is 21.9 Å². The zero-order valence-corrected chi connectivity index (χ0v) is 14.9. The summed E-state index contributed by atoms with van der Waals surface area (Å²) in [6, 6.07) is 0. The molecule has 0 spiro atoms. The SMILES string of the molecule is C=C1C[C@H]2[C@@H]3CC=C4C[C@@H](O)CC[C@]4(C)[C@H]3CC[C@]2(C)[C@@]1(C)O. The lowest BCUT2D eigenvalue weighted by Gasteiger charge is -2.58. The highest BCUT2D eigenvalue weighted by atomic mass is 16.3. The highest BCUT2D eigenvalue weighted by Gasteiger charge is 2.63. The van der Waals surface area contributed by atoms with Gasteiger partial charge in [-0.1, -0.05) is 32.1 Å². The minimum absolute atomic E-state index is 0.0128. The molecule has 4 rings (SSSR count). The normalized spacial score (nSPS) is 55.7. The summed E-state index contributed by atoms with van der Waals surface area (Å²) in [5.41, 5.74) is 2.12. The molecule has 0 radical (unpaired) electrons. The third-order valence-corrected chi connectivity index (χ3v) is 8.73. The molecule has 0 unspecified atom stereocenters. The van der Waals surface area contributed by atoms with E-state index in [9.17, 15) is 10.2 Å². The number of hydrogen-bond acceptors (Lipinski definition) is 2. The van der Waals surface area contributed by atoms with Crippen LogP contribution >= 0.6 is 0 Å². The van der Waals surface area contributed by atoms with E-state index in [4.69, 9.17) is 0 Å². The molecule has 0 heterocycles. The third kappa shape index (κ3) is 1.88. The summed E-state index contributed by atoms with van der Waals surface area (Å²) in [7, 11) is 0. The first-order valence-corrected chi connectivity index (χ1v) is 9.48. The van der Waals surface area contributed by atoms with Crippen molar-refractivity contribution in [3.63, 3.8) is 0 Å². The van der Waals surface area contributed by atoms with E-state index < -0.39 is 5.60 Å². The summed E-state index contributed by atoms with van der Waals surface area (Å²) >= 11 is 0.